The summed E-state index contributed by atoms with van der Waals surface area (Å²) in [5.41, 5.74) is 0.770. The van der Waals surface area contributed by atoms with Gasteiger partial charge in [-0.1, -0.05) is 58.5 Å². The van der Waals surface area contributed by atoms with Gasteiger partial charge in [0.15, 0.2) is 11.0 Å². The number of hydrogen-bond donors (Lipinski definition) is 0. The molecule has 0 aliphatic heterocycles. The lowest BCUT2D eigenvalue weighted by molar-refractivity contribution is 0.445. The summed E-state index contributed by atoms with van der Waals surface area (Å²) in [6.45, 7) is 13.1. The summed E-state index contributed by atoms with van der Waals surface area (Å²) in [6.07, 6.45) is 0.939. The van der Waals surface area contributed by atoms with Crippen LogP contribution in [0.4, 0.5) is 0 Å². The molecular formula is C19H30N4O2S2. The van der Waals surface area contributed by atoms with Gasteiger partial charge in [0.25, 0.3) is 0 Å². The molecule has 0 bridgehead atoms. The van der Waals surface area contributed by atoms with Crippen LogP contribution < -0.4 is 0 Å². The number of thioether (sulfide) groups is 1. The lowest BCUT2D eigenvalue weighted by Crippen LogP contribution is -2.30. The molecule has 1 unspecified atom stereocenters. The van der Waals surface area contributed by atoms with E-state index in [4.69, 9.17) is 0 Å². The van der Waals surface area contributed by atoms with Crippen molar-refractivity contribution in [2.75, 3.05) is 13.1 Å². The molecule has 1 atom stereocenters. The summed E-state index contributed by atoms with van der Waals surface area (Å²) in [4.78, 5) is 0.292. The first-order valence-corrected chi connectivity index (χ1v) is 11.8. The third-order valence-corrected chi connectivity index (χ3v) is 7.48. The molecule has 0 spiro atoms. The van der Waals surface area contributed by atoms with E-state index in [1.165, 1.54) is 4.31 Å². The molecule has 0 N–H and O–H groups in total. The predicted molar refractivity (Wildman–Crippen MR) is 112 cm³/mol. The van der Waals surface area contributed by atoms with Gasteiger partial charge in [-0.05, 0) is 25.5 Å². The number of nitrogens with zero attached hydrogens (tertiary/aromatic N) is 4. The molecule has 0 aliphatic rings. The van der Waals surface area contributed by atoms with E-state index in [1.807, 2.05) is 19.9 Å². The van der Waals surface area contributed by atoms with Crippen molar-refractivity contribution < 1.29 is 8.42 Å². The van der Waals surface area contributed by atoms with Gasteiger partial charge in [-0.15, -0.1) is 10.2 Å². The van der Waals surface area contributed by atoms with Crippen molar-refractivity contribution in [1.29, 1.82) is 0 Å². The van der Waals surface area contributed by atoms with Crippen LogP contribution in [-0.2, 0) is 10.0 Å². The van der Waals surface area contributed by atoms with Crippen molar-refractivity contribution in [3.63, 3.8) is 0 Å². The molecule has 150 valence electrons. The third kappa shape index (κ3) is 4.73. The van der Waals surface area contributed by atoms with E-state index in [1.54, 1.807) is 30.0 Å². The maximum atomic E-state index is 12.9. The average molecular weight is 411 g/mol. The van der Waals surface area contributed by atoms with Crippen LogP contribution in [-0.4, -0.2) is 45.8 Å². The molecule has 27 heavy (non-hydrogen) atoms. The van der Waals surface area contributed by atoms with E-state index in [2.05, 4.69) is 42.5 Å². The Morgan fingerprint density at radius 1 is 1.11 bits per heavy atom. The molecule has 2 rings (SSSR count). The van der Waals surface area contributed by atoms with Gasteiger partial charge in [-0.3, -0.25) is 4.57 Å². The first-order valence-electron chi connectivity index (χ1n) is 9.48. The van der Waals surface area contributed by atoms with E-state index in [0.717, 1.165) is 17.1 Å². The highest BCUT2D eigenvalue weighted by molar-refractivity contribution is 7.99. The Morgan fingerprint density at radius 2 is 1.78 bits per heavy atom. The van der Waals surface area contributed by atoms with Crippen LogP contribution >= 0.6 is 11.8 Å². The highest BCUT2D eigenvalue weighted by Crippen LogP contribution is 2.32. The monoisotopic (exact) mass is 410 g/mol. The zero-order chi connectivity index (χ0) is 20.2. The summed E-state index contributed by atoms with van der Waals surface area (Å²) in [6, 6.07) is 7.25. The molecule has 8 heteroatoms. The van der Waals surface area contributed by atoms with Crippen LogP contribution in [0, 0.1) is 0 Å². The molecule has 0 radical (unpaired) electrons. The molecule has 0 saturated heterocycles. The molecular weight excluding hydrogens is 380 g/mol. The smallest absolute Gasteiger partial charge is 0.243 e. The average Bonchev–Trinajstić information content (AvgIpc) is 3.04. The van der Waals surface area contributed by atoms with E-state index in [0.29, 0.717) is 29.1 Å². The lowest BCUT2D eigenvalue weighted by Gasteiger charge is -2.19. The number of benzene rings is 1. The maximum absolute atomic E-state index is 12.9. The Morgan fingerprint density at radius 3 is 2.33 bits per heavy atom. The van der Waals surface area contributed by atoms with Crippen molar-refractivity contribution in [3.05, 3.63) is 24.3 Å². The highest BCUT2D eigenvalue weighted by atomic mass is 32.2. The van der Waals surface area contributed by atoms with Crippen molar-refractivity contribution in [1.82, 2.24) is 19.1 Å². The van der Waals surface area contributed by atoms with Gasteiger partial charge in [0, 0.05) is 29.9 Å². The van der Waals surface area contributed by atoms with Crippen molar-refractivity contribution in [3.8, 4) is 11.4 Å². The normalized spacial score (nSPS) is 13.5. The fourth-order valence-electron chi connectivity index (χ4n) is 2.85. The van der Waals surface area contributed by atoms with Crippen LogP contribution in [0.3, 0.4) is 0 Å². The predicted octanol–water partition coefficient (Wildman–Crippen LogP) is 4.45. The standard InChI is InChI=1S/C19H30N4O2S2/c1-7-15(6)23-18(20-21-19(23)26-14(4)5)16-11-10-12-17(13-16)27(24,25)22(8-2)9-3/h10-15H,7-9H2,1-6H3. The van der Waals surface area contributed by atoms with Gasteiger partial charge in [0.2, 0.25) is 10.0 Å². The Bertz CT molecular complexity index is 858. The van der Waals surface area contributed by atoms with E-state index in [9.17, 15) is 8.42 Å². The largest absolute Gasteiger partial charge is 0.299 e. The van der Waals surface area contributed by atoms with Crippen LogP contribution in [0.5, 0.6) is 0 Å². The molecule has 0 amide bonds. The molecule has 6 nitrogen and oxygen atoms in total. The van der Waals surface area contributed by atoms with Gasteiger partial charge in [-0.25, -0.2) is 8.42 Å². The van der Waals surface area contributed by atoms with E-state index >= 15 is 0 Å². The zero-order valence-electron chi connectivity index (χ0n) is 17.0. The summed E-state index contributed by atoms with van der Waals surface area (Å²) in [7, 11) is -3.51. The Kier molecular flexibility index (Phi) is 7.47. The minimum Gasteiger partial charge on any atom is -0.299 e. The van der Waals surface area contributed by atoms with Crippen LogP contribution in [0.25, 0.3) is 11.4 Å². The van der Waals surface area contributed by atoms with Gasteiger partial charge < -0.3 is 0 Å². The van der Waals surface area contributed by atoms with Gasteiger partial charge in [-0.2, -0.15) is 4.31 Å². The summed E-state index contributed by atoms with van der Waals surface area (Å²) in [5.74, 6) is 0.712. The van der Waals surface area contributed by atoms with Crippen molar-refractivity contribution in [2.24, 2.45) is 0 Å². The molecule has 1 heterocycles. The SMILES string of the molecule is CCC(C)n1c(SC(C)C)nnc1-c1cccc(S(=O)(=O)N(CC)CC)c1. The second-order valence-corrected chi connectivity index (χ2v) is 10.2. The lowest BCUT2D eigenvalue weighted by atomic mass is 10.2. The number of rotatable bonds is 9. The summed E-state index contributed by atoms with van der Waals surface area (Å²) >= 11 is 1.67. The van der Waals surface area contributed by atoms with Gasteiger partial charge >= 0.3 is 0 Å². The van der Waals surface area contributed by atoms with Gasteiger partial charge in [0.05, 0.1) is 4.90 Å². The fraction of sp³-hybridized carbons (Fsp3) is 0.579. The molecule has 1 aromatic carbocycles. The molecule has 0 saturated carbocycles. The molecule has 2 aromatic rings. The van der Waals surface area contributed by atoms with Crippen molar-refractivity contribution in [2.45, 2.75) is 69.3 Å². The Labute approximate surface area is 167 Å². The quantitative estimate of drug-likeness (QED) is 0.571. The summed E-state index contributed by atoms with van der Waals surface area (Å²) < 4.78 is 29.3. The van der Waals surface area contributed by atoms with E-state index in [-0.39, 0.29) is 6.04 Å². The van der Waals surface area contributed by atoms with Crippen LogP contribution in [0.1, 0.15) is 54.0 Å². The second kappa shape index (κ2) is 9.21. The minimum atomic E-state index is -3.51. The highest BCUT2D eigenvalue weighted by Gasteiger charge is 2.24. The van der Waals surface area contributed by atoms with Crippen LogP contribution in [0.15, 0.2) is 34.3 Å². The number of sulfonamides is 1. The zero-order valence-corrected chi connectivity index (χ0v) is 18.6. The molecule has 0 fully saturated rings. The minimum absolute atomic E-state index is 0.222. The van der Waals surface area contributed by atoms with Crippen molar-refractivity contribution >= 4 is 21.8 Å². The maximum Gasteiger partial charge on any atom is 0.243 e. The topological polar surface area (TPSA) is 68.1 Å². The Hall–Kier alpha value is -1.38. The van der Waals surface area contributed by atoms with Gasteiger partial charge in [0.1, 0.15) is 0 Å². The molecule has 1 aromatic heterocycles. The summed E-state index contributed by atoms with van der Waals surface area (Å²) in [5, 5.41) is 10.0. The first kappa shape index (κ1) is 21.9. The second-order valence-electron chi connectivity index (χ2n) is 6.72. The van der Waals surface area contributed by atoms with Crippen LogP contribution in [0.2, 0.25) is 0 Å². The van der Waals surface area contributed by atoms with E-state index < -0.39 is 10.0 Å². The number of hydrogen-bond acceptors (Lipinski definition) is 5. The third-order valence-electron chi connectivity index (χ3n) is 4.47. The Balaban J connectivity index is 2.56. The molecule has 0 aliphatic carbocycles. The fourth-order valence-corrected chi connectivity index (χ4v) is 5.25. The first-order chi connectivity index (χ1) is 12.8. The number of aromatic nitrogens is 3.